The zero-order valence-corrected chi connectivity index (χ0v) is 12.8. The maximum absolute atomic E-state index is 12.3. The Labute approximate surface area is 123 Å². The Morgan fingerprint density at radius 3 is 2.60 bits per heavy atom. The standard InChI is InChI=1S/C12H17N3O3S2/c1-9-8-10(12(13)19)2-3-11(9)20(16,17)14-15-4-6-18-7-5-15/h2-3,8,14H,4-7H2,1H3,(H2,13,19). The van der Waals surface area contributed by atoms with Crippen LogP contribution in [0, 0.1) is 6.92 Å². The predicted octanol–water partition coefficient (Wildman–Crippen LogP) is 0.155. The zero-order valence-electron chi connectivity index (χ0n) is 11.1. The summed E-state index contributed by atoms with van der Waals surface area (Å²) in [6.07, 6.45) is 0. The van der Waals surface area contributed by atoms with Crippen LogP contribution >= 0.6 is 12.2 Å². The van der Waals surface area contributed by atoms with Crippen LogP contribution in [0.4, 0.5) is 0 Å². The van der Waals surface area contributed by atoms with Gasteiger partial charge in [0, 0.05) is 18.7 Å². The van der Waals surface area contributed by atoms with Gasteiger partial charge in [-0.05, 0) is 24.6 Å². The van der Waals surface area contributed by atoms with Crippen LogP contribution in [-0.2, 0) is 14.8 Å². The van der Waals surface area contributed by atoms with Crippen LogP contribution in [0.25, 0.3) is 0 Å². The van der Waals surface area contributed by atoms with Crippen molar-refractivity contribution in [3.63, 3.8) is 0 Å². The molecule has 8 heteroatoms. The summed E-state index contributed by atoms with van der Waals surface area (Å²) < 4.78 is 29.9. The molecule has 2 rings (SSSR count). The second-order valence-electron chi connectivity index (χ2n) is 4.54. The molecule has 3 N–H and O–H groups in total. The summed E-state index contributed by atoms with van der Waals surface area (Å²) in [4.78, 5) is 3.04. The largest absolute Gasteiger partial charge is 0.389 e. The highest BCUT2D eigenvalue weighted by atomic mass is 32.2. The SMILES string of the molecule is Cc1cc(C(N)=S)ccc1S(=O)(=O)NN1CCOCC1. The first-order valence-corrected chi connectivity index (χ1v) is 8.05. The molecule has 6 nitrogen and oxygen atoms in total. The van der Waals surface area contributed by atoms with Gasteiger partial charge in [0.05, 0.1) is 18.1 Å². The molecule has 0 atom stereocenters. The van der Waals surface area contributed by atoms with E-state index in [0.29, 0.717) is 37.4 Å². The molecule has 110 valence electrons. The fourth-order valence-electron chi connectivity index (χ4n) is 1.98. The Bertz CT molecular complexity index is 610. The Balaban J connectivity index is 2.22. The molecule has 1 saturated heterocycles. The minimum atomic E-state index is -3.60. The van der Waals surface area contributed by atoms with Crippen LogP contribution in [0.3, 0.4) is 0 Å². The molecule has 0 unspecified atom stereocenters. The van der Waals surface area contributed by atoms with Crippen LogP contribution < -0.4 is 10.6 Å². The average molecular weight is 315 g/mol. The van der Waals surface area contributed by atoms with E-state index in [0.717, 1.165) is 0 Å². The number of hydrogen-bond acceptors (Lipinski definition) is 5. The lowest BCUT2D eigenvalue weighted by molar-refractivity contribution is 0.0272. The third-order valence-corrected chi connectivity index (χ3v) is 4.78. The van der Waals surface area contributed by atoms with E-state index in [4.69, 9.17) is 22.7 Å². The van der Waals surface area contributed by atoms with Gasteiger partial charge in [-0.2, -0.15) is 0 Å². The molecule has 20 heavy (non-hydrogen) atoms. The molecule has 1 aromatic carbocycles. The zero-order chi connectivity index (χ0) is 14.8. The normalized spacial score (nSPS) is 17.1. The molecule has 1 fully saturated rings. The van der Waals surface area contributed by atoms with Crippen molar-refractivity contribution in [2.75, 3.05) is 26.3 Å². The summed E-state index contributed by atoms with van der Waals surface area (Å²) in [5.74, 6) is 0. The molecular weight excluding hydrogens is 298 g/mol. The van der Waals surface area contributed by atoms with Gasteiger partial charge in [0.1, 0.15) is 4.99 Å². The third-order valence-electron chi connectivity index (χ3n) is 3.01. The van der Waals surface area contributed by atoms with Gasteiger partial charge in [0.25, 0.3) is 10.0 Å². The number of benzene rings is 1. The first-order valence-electron chi connectivity index (χ1n) is 6.16. The number of hydrogen-bond donors (Lipinski definition) is 2. The van der Waals surface area contributed by atoms with Gasteiger partial charge < -0.3 is 10.5 Å². The first-order chi connectivity index (χ1) is 9.40. The van der Waals surface area contributed by atoms with Gasteiger partial charge >= 0.3 is 0 Å². The highest BCUT2D eigenvalue weighted by Gasteiger charge is 2.22. The van der Waals surface area contributed by atoms with Gasteiger partial charge in [0.2, 0.25) is 0 Å². The van der Waals surface area contributed by atoms with E-state index in [9.17, 15) is 8.42 Å². The number of nitrogens with two attached hydrogens (primary N) is 1. The van der Waals surface area contributed by atoms with Crippen molar-refractivity contribution in [1.82, 2.24) is 9.84 Å². The Kier molecular flexibility index (Phi) is 4.71. The van der Waals surface area contributed by atoms with E-state index in [2.05, 4.69) is 4.83 Å². The van der Waals surface area contributed by atoms with Crippen LogP contribution in [0.1, 0.15) is 11.1 Å². The van der Waals surface area contributed by atoms with Crippen molar-refractivity contribution >= 4 is 27.2 Å². The second-order valence-corrected chi connectivity index (χ2v) is 6.61. The van der Waals surface area contributed by atoms with Crippen molar-refractivity contribution in [2.45, 2.75) is 11.8 Å². The number of hydrazine groups is 1. The molecule has 0 spiro atoms. The van der Waals surface area contributed by atoms with E-state index >= 15 is 0 Å². The van der Waals surface area contributed by atoms with E-state index in [-0.39, 0.29) is 9.88 Å². The molecule has 0 bridgehead atoms. The molecule has 0 aliphatic carbocycles. The van der Waals surface area contributed by atoms with Crippen LogP contribution in [0.2, 0.25) is 0 Å². The number of nitrogens with zero attached hydrogens (tertiary/aromatic N) is 1. The Morgan fingerprint density at radius 1 is 1.40 bits per heavy atom. The van der Waals surface area contributed by atoms with E-state index in [1.807, 2.05) is 0 Å². The first kappa shape index (κ1) is 15.3. The summed E-state index contributed by atoms with van der Waals surface area (Å²) in [5.41, 5.74) is 6.80. The number of sulfonamides is 1. The molecule has 0 aromatic heterocycles. The smallest absolute Gasteiger partial charge is 0.253 e. The molecule has 1 aromatic rings. The lowest BCUT2D eigenvalue weighted by atomic mass is 10.1. The van der Waals surface area contributed by atoms with Crippen LogP contribution in [0.5, 0.6) is 0 Å². The summed E-state index contributed by atoms with van der Waals surface area (Å²) >= 11 is 4.88. The number of aryl methyl sites for hydroxylation is 1. The summed E-state index contributed by atoms with van der Waals surface area (Å²) in [6, 6.07) is 4.81. The van der Waals surface area contributed by atoms with Crippen molar-refractivity contribution in [1.29, 1.82) is 0 Å². The van der Waals surface area contributed by atoms with E-state index in [1.165, 1.54) is 6.07 Å². The van der Waals surface area contributed by atoms with Crippen molar-refractivity contribution in [2.24, 2.45) is 5.73 Å². The minimum Gasteiger partial charge on any atom is -0.389 e. The van der Waals surface area contributed by atoms with Gasteiger partial charge in [-0.3, -0.25) is 0 Å². The second kappa shape index (κ2) is 6.15. The fourth-order valence-corrected chi connectivity index (χ4v) is 3.46. The number of nitrogens with one attached hydrogen (secondary N) is 1. The van der Waals surface area contributed by atoms with Gasteiger partial charge in [-0.25, -0.2) is 13.4 Å². The van der Waals surface area contributed by atoms with E-state index in [1.54, 1.807) is 24.1 Å². The average Bonchev–Trinajstić information content (AvgIpc) is 2.38. The van der Waals surface area contributed by atoms with Crippen molar-refractivity contribution in [3.05, 3.63) is 29.3 Å². The quantitative estimate of drug-likeness (QED) is 0.770. The van der Waals surface area contributed by atoms with Crippen molar-refractivity contribution < 1.29 is 13.2 Å². The number of rotatable bonds is 4. The minimum absolute atomic E-state index is 0.226. The van der Waals surface area contributed by atoms with Gasteiger partial charge in [-0.1, -0.05) is 18.3 Å². The maximum atomic E-state index is 12.3. The molecule has 1 heterocycles. The molecular formula is C12H17N3O3S2. The highest BCUT2D eigenvalue weighted by Crippen LogP contribution is 2.17. The van der Waals surface area contributed by atoms with Crippen LogP contribution in [-0.4, -0.2) is 44.7 Å². The topological polar surface area (TPSA) is 84.7 Å². The number of ether oxygens (including phenoxy) is 1. The summed E-state index contributed by atoms with van der Waals surface area (Å²) in [5, 5.41) is 1.64. The van der Waals surface area contributed by atoms with Gasteiger partial charge in [0.15, 0.2) is 0 Å². The Hall–Kier alpha value is -1.06. The fraction of sp³-hybridized carbons (Fsp3) is 0.417. The van der Waals surface area contributed by atoms with Crippen LogP contribution in [0.15, 0.2) is 23.1 Å². The third kappa shape index (κ3) is 3.53. The van der Waals surface area contributed by atoms with Gasteiger partial charge in [-0.15, -0.1) is 4.83 Å². The molecule has 0 saturated carbocycles. The van der Waals surface area contributed by atoms with E-state index < -0.39 is 10.0 Å². The molecule has 0 amide bonds. The van der Waals surface area contributed by atoms with Crippen molar-refractivity contribution in [3.8, 4) is 0 Å². The number of thiocarbonyl (C=S) groups is 1. The maximum Gasteiger partial charge on any atom is 0.253 e. The lowest BCUT2D eigenvalue weighted by Gasteiger charge is -2.27. The lowest BCUT2D eigenvalue weighted by Crippen LogP contribution is -2.48. The molecule has 0 radical (unpaired) electrons. The summed E-state index contributed by atoms with van der Waals surface area (Å²) in [7, 11) is -3.60. The summed E-state index contributed by atoms with van der Waals surface area (Å²) in [6.45, 7) is 3.81. The predicted molar refractivity (Wildman–Crippen MR) is 79.8 cm³/mol. The Morgan fingerprint density at radius 2 is 2.05 bits per heavy atom. The molecule has 1 aliphatic rings. The monoisotopic (exact) mass is 315 g/mol. The molecule has 1 aliphatic heterocycles. The highest BCUT2D eigenvalue weighted by molar-refractivity contribution is 7.89. The number of morpholine rings is 1.